The Morgan fingerprint density at radius 1 is 1.13 bits per heavy atom. The van der Waals surface area contributed by atoms with Gasteiger partial charge in [-0.15, -0.1) is 11.3 Å². The summed E-state index contributed by atoms with van der Waals surface area (Å²) in [4.78, 5) is 17.1. The minimum Gasteiger partial charge on any atom is -0.347 e. The normalized spacial score (nSPS) is 11.4. The predicted octanol–water partition coefficient (Wildman–Crippen LogP) is 4.19. The molecule has 1 N–H and O–H groups in total. The van der Waals surface area contributed by atoms with Crippen molar-refractivity contribution < 1.29 is 17.6 Å². The molecule has 9 heteroatoms. The van der Waals surface area contributed by atoms with E-state index in [9.17, 15) is 17.6 Å². The quantitative estimate of drug-likeness (QED) is 0.473. The molecule has 2 heterocycles. The Labute approximate surface area is 183 Å². The first kappa shape index (κ1) is 21.0. The third kappa shape index (κ3) is 4.42. The molecule has 0 fully saturated rings. The highest BCUT2D eigenvalue weighted by Crippen LogP contribution is 2.31. The van der Waals surface area contributed by atoms with E-state index in [1.54, 1.807) is 42.7 Å². The minimum atomic E-state index is -3.84. The summed E-state index contributed by atoms with van der Waals surface area (Å²) in [6, 6.07) is 15.3. The zero-order chi connectivity index (χ0) is 22.0. The highest BCUT2D eigenvalue weighted by atomic mass is 32.2. The van der Waals surface area contributed by atoms with Gasteiger partial charge in [0.1, 0.15) is 5.82 Å². The Kier molecular flexibility index (Phi) is 5.71. The second-order valence-corrected chi connectivity index (χ2v) is 9.86. The molecule has 4 rings (SSSR count). The third-order valence-corrected chi connectivity index (χ3v) is 7.65. The molecule has 158 valence electrons. The maximum atomic E-state index is 13.1. The van der Waals surface area contributed by atoms with Crippen LogP contribution in [-0.2, 0) is 16.6 Å². The van der Waals surface area contributed by atoms with Crippen LogP contribution in [0.15, 0.2) is 78.0 Å². The number of carbonyl (C=O) groups excluding carboxylic acids is 1. The number of benzene rings is 2. The van der Waals surface area contributed by atoms with Crippen LogP contribution in [0.5, 0.6) is 0 Å². The fraction of sp³-hybridized carbons (Fsp3) is 0.0909. The van der Waals surface area contributed by atoms with E-state index < -0.39 is 15.8 Å². The number of aromatic nitrogens is 1. The molecule has 4 aromatic rings. The van der Waals surface area contributed by atoms with E-state index in [0.717, 1.165) is 32.1 Å². The number of carbonyl (C=O) groups is 1. The van der Waals surface area contributed by atoms with Crippen molar-refractivity contribution in [3.63, 3.8) is 0 Å². The van der Waals surface area contributed by atoms with Crippen LogP contribution in [0.3, 0.4) is 0 Å². The molecule has 2 aromatic carbocycles. The van der Waals surface area contributed by atoms with Gasteiger partial charge in [-0.1, -0.05) is 6.07 Å². The van der Waals surface area contributed by atoms with E-state index in [-0.39, 0.29) is 10.8 Å². The Morgan fingerprint density at radius 3 is 2.61 bits per heavy atom. The van der Waals surface area contributed by atoms with Gasteiger partial charge in [-0.05, 0) is 65.5 Å². The standard InChI is InChI=1S/C22H18FN3O3S2/c1-26(31(28,29)19-7-4-17(23)5-8-19)18-6-9-20-16(11-18)12-21(30-20)22(27)25-14-15-3-2-10-24-13-15/h2-13H,14H2,1H3,(H,25,27). The number of rotatable bonds is 6. The van der Waals surface area contributed by atoms with Crippen molar-refractivity contribution in [1.82, 2.24) is 10.3 Å². The average Bonchev–Trinajstić information content (AvgIpc) is 3.21. The molecule has 0 aliphatic rings. The van der Waals surface area contributed by atoms with Gasteiger partial charge in [0.2, 0.25) is 0 Å². The van der Waals surface area contributed by atoms with Gasteiger partial charge in [-0.25, -0.2) is 12.8 Å². The predicted molar refractivity (Wildman–Crippen MR) is 119 cm³/mol. The van der Waals surface area contributed by atoms with Gasteiger partial charge in [0.05, 0.1) is 15.5 Å². The van der Waals surface area contributed by atoms with Gasteiger partial charge in [0.25, 0.3) is 15.9 Å². The maximum absolute atomic E-state index is 13.1. The summed E-state index contributed by atoms with van der Waals surface area (Å²) in [6.07, 6.45) is 3.36. The maximum Gasteiger partial charge on any atom is 0.264 e. The van der Waals surface area contributed by atoms with Gasteiger partial charge in [0, 0.05) is 30.7 Å². The summed E-state index contributed by atoms with van der Waals surface area (Å²) in [6.45, 7) is 0.366. The third-order valence-electron chi connectivity index (χ3n) is 4.74. The van der Waals surface area contributed by atoms with Crippen molar-refractivity contribution in [2.45, 2.75) is 11.4 Å². The summed E-state index contributed by atoms with van der Waals surface area (Å²) in [5.74, 6) is -0.713. The van der Waals surface area contributed by atoms with Crippen LogP contribution in [0.25, 0.3) is 10.1 Å². The molecule has 0 unspecified atom stereocenters. The molecule has 0 aliphatic carbocycles. The first-order chi connectivity index (χ1) is 14.8. The van der Waals surface area contributed by atoms with Crippen LogP contribution in [0.4, 0.5) is 10.1 Å². The van der Waals surface area contributed by atoms with E-state index in [4.69, 9.17) is 0 Å². The van der Waals surface area contributed by atoms with E-state index in [0.29, 0.717) is 17.1 Å². The largest absolute Gasteiger partial charge is 0.347 e. The van der Waals surface area contributed by atoms with E-state index in [2.05, 4.69) is 10.3 Å². The molecule has 0 aliphatic heterocycles. The number of hydrogen-bond acceptors (Lipinski definition) is 5. The lowest BCUT2D eigenvalue weighted by atomic mass is 10.2. The lowest BCUT2D eigenvalue weighted by Gasteiger charge is -2.19. The topological polar surface area (TPSA) is 79.4 Å². The van der Waals surface area contributed by atoms with Crippen molar-refractivity contribution in [1.29, 1.82) is 0 Å². The molecular formula is C22H18FN3O3S2. The fourth-order valence-electron chi connectivity index (χ4n) is 3.01. The Balaban J connectivity index is 1.55. The number of halogens is 1. The second-order valence-electron chi connectivity index (χ2n) is 6.80. The van der Waals surface area contributed by atoms with Gasteiger partial charge in [-0.3, -0.25) is 14.1 Å². The van der Waals surface area contributed by atoms with Gasteiger partial charge in [0.15, 0.2) is 0 Å². The molecule has 0 radical (unpaired) electrons. The molecule has 0 atom stereocenters. The van der Waals surface area contributed by atoms with E-state index in [1.165, 1.54) is 30.5 Å². The number of anilines is 1. The highest BCUT2D eigenvalue weighted by molar-refractivity contribution is 7.92. The molecule has 6 nitrogen and oxygen atoms in total. The van der Waals surface area contributed by atoms with Crippen molar-refractivity contribution >= 4 is 43.0 Å². The Hall–Kier alpha value is -3.30. The molecule has 0 spiro atoms. The monoisotopic (exact) mass is 455 g/mol. The molecule has 31 heavy (non-hydrogen) atoms. The average molecular weight is 456 g/mol. The molecule has 1 amide bonds. The first-order valence-electron chi connectivity index (χ1n) is 9.30. The summed E-state index contributed by atoms with van der Waals surface area (Å²) in [5.41, 5.74) is 1.34. The van der Waals surface area contributed by atoms with Gasteiger partial charge >= 0.3 is 0 Å². The lowest BCUT2D eigenvalue weighted by Crippen LogP contribution is -2.26. The first-order valence-corrected chi connectivity index (χ1v) is 11.6. The summed E-state index contributed by atoms with van der Waals surface area (Å²) in [7, 11) is -2.40. The number of sulfonamides is 1. The SMILES string of the molecule is CN(c1ccc2sc(C(=O)NCc3cccnc3)cc2c1)S(=O)(=O)c1ccc(F)cc1. The zero-order valence-corrected chi connectivity index (χ0v) is 18.1. The van der Waals surface area contributed by atoms with Crippen molar-refractivity contribution in [3.05, 3.63) is 89.3 Å². The number of hydrogen-bond donors (Lipinski definition) is 1. The van der Waals surface area contributed by atoms with Crippen LogP contribution >= 0.6 is 11.3 Å². The number of thiophene rings is 1. The van der Waals surface area contributed by atoms with Crippen LogP contribution in [0.2, 0.25) is 0 Å². The van der Waals surface area contributed by atoms with Crippen LogP contribution in [0, 0.1) is 5.82 Å². The number of nitrogens with one attached hydrogen (secondary N) is 1. The summed E-state index contributed by atoms with van der Waals surface area (Å²) >= 11 is 1.33. The lowest BCUT2D eigenvalue weighted by molar-refractivity contribution is 0.0955. The second kappa shape index (κ2) is 8.44. The van der Waals surface area contributed by atoms with Crippen molar-refractivity contribution in [3.8, 4) is 0 Å². The van der Waals surface area contributed by atoms with Gasteiger partial charge in [-0.2, -0.15) is 0 Å². The molecule has 0 saturated heterocycles. The van der Waals surface area contributed by atoms with E-state index >= 15 is 0 Å². The number of amides is 1. The number of pyridine rings is 1. The number of nitrogens with zero attached hydrogens (tertiary/aromatic N) is 2. The van der Waals surface area contributed by atoms with Crippen LogP contribution < -0.4 is 9.62 Å². The minimum absolute atomic E-state index is 0.00251. The van der Waals surface area contributed by atoms with Crippen molar-refractivity contribution in [2.75, 3.05) is 11.4 Å². The number of fused-ring (bicyclic) bond motifs is 1. The molecule has 2 aromatic heterocycles. The van der Waals surface area contributed by atoms with Gasteiger partial charge < -0.3 is 5.32 Å². The summed E-state index contributed by atoms with van der Waals surface area (Å²) in [5, 5.41) is 3.62. The van der Waals surface area contributed by atoms with Crippen LogP contribution in [0.1, 0.15) is 15.2 Å². The Morgan fingerprint density at radius 2 is 1.90 bits per heavy atom. The smallest absolute Gasteiger partial charge is 0.264 e. The zero-order valence-electron chi connectivity index (χ0n) is 16.4. The fourth-order valence-corrected chi connectivity index (χ4v) is 5.16. The Bertz CT molecular complexity index is 1340. The van der Waals surface area contributed by atoms with E-state index in [1.807, 2.05) is 6.07 Å². The summed E-state index contributed by atoms with van der Waals surface area (Å²) < 4.78 is 40.9. The molecule has 0 bridgehead atoms. The molecule has 0 saturated carbocycles. The van der Waals surface area contributed by atoms with Crippen molar-refractivity contribution in [2.24, 2.45) is 0 Å². The van der Waals surface area contributed by atoms with Crippen LogP contribution in [-0.4, -0.2) is 26.4 Å². The molecular weight excluding hydrogens is 437 g/mol. The highest BCUT2D eigenvalue weighted by Gasteiger charge is 2.22.